The van der Waals surface area contributed by atoms with Crippen molar-refractivity contribution in [1.29, 1.82) is 0 Å². The minimum absolute atomic E-state index is 0.00555. The van der Waals surface area contributed by atoms with Gasteiger partial charge in [0.1, 0.15) is 22.9 Å². The number of rotatable bonds is 4. The van der Waals surface area contributed by atoms with Gasteiger partial charge in [-0.15, -0.1) is 26.3 Å². The number of aromatic nitrogens is 1. The number of alkyl halides is 6. The lowest BCUT2D eigenvalue weighted by Gasteiger charge is -2.13. The number of hydrogen-bond acceptors (Lipinski definition) is 3. The van der Waals surface area contributed by atoms with E-state index in [1.54, 1.807) is 0 Å². The van der Waals surface area contributed by atoms with Gasteiger partial charge in [-0.2, -0.15) is 0 Å². The highest BCUT2D eigenvalue weighted by atomic mass is 79.9. The molecule has 1 aromatic heterocycles. The van der Waals surface area contributed by atoms with Crippen LogP contribution >= 0.6 is 15.9 Å². The zero-order valence-electron chi connectivity index (χ0n) is 14.8. The van der Waals surface area contributed by atoms with E-state index in [1.165, 1.54) is 0 Å². The molecule has 0 bridgehead atoms. The van der Waals surface area contributed by atoms with E-state index in [4.69, 9.17) is 0 Å². The van der Waals surface area contributed by atoms with E-state index < -0.39 is 51.7 Å². The Balaban J connectivity index is 1.99. The molecule has 1 heterocycles. The van der Waals surface area contributed by atoms with Gasteiger partial charge in [0, 0.05) is 11.1 Å². The van der Waals surface area contributed by atoms with Crippen LogP contribution in [-0.4, -0.2) is 17.7 Å². The van der Waals surface area contributed by atoms with Crippen molar-refractivity contribution in [2.75, 3.05) is 0 Å². The van der Waals surface area contributed by atoms with E-state index in [2.05, 4.69) is 30.4 Å². The maximum Gasteiger partial charge on any atom is 0.573 e. The van der Waals surface area contributed by atoms with Gasteiger partial charge >= 0.3 is 12.7 Å². The first-order valence-electron chi connectivity index (χ1n) is 8.11. The van der Waals surface area contributed by atoms with Gasteiger partial charge < -0.3 is 9.47 Å². The molecule has 3 nitrogen and oxygen atoms in total. The van der Waals surface area contributed by atoms with Crippen molar-refractivity contribution in [3.8, 4) is 34.0 Å². The summed E-state index contributed by atoms with van der Waals surface area (Å²) in [6.45, 7) is 0. The number of halogens is 9. The maximum atomic E-state index is 14.6. The van der Waals surface area contributed by atoms with Crippen LogP contribution in [0.5, 0.6) is 11.5 Å². The fourth-order valence-electron chi connectivity index (χ4n) is 2.53. The van der Waals surface area contributed by atoms with Crippen LogP contribution in [0.3, 0.4) is 0 Å². The first-order valence-corrected chi connectivity index (χ1v) is 8.90. The molecule has 0 aliphatic heterocycles. The van der Waals surface area contributed by atoms with Crippen molar-refractivity contribution in [1.82, 2.24) is 4.98 Å². The third kappa shape index (κ3) is 5.63. The molecular formula is C19H8BrF8NO2. The van der Waals surface area contributed by atoms with Crippen LogP contribution in [0, 0.1) is 11.6 Å². The summed E-state index contributed by atoms with van der Waals surface area (Å²) >= 11 is 2.75. The topological polar surface area (TPSA) is 31.4 Å². The first-order chi connectivity index (χ1) is 14.3. The third-order valence-corrected chi connectivity index (χ3v) is 4.44. The predicted octanol–water partition coefficient (Wildman–Crippen LogP) is 7.25. The summed E-state index contributed by atoms with van der Waals surface area (Å²) in [5.41, 5.74) is -0.799. The van der Waals surface area contributed by atoms with E-state index in [0.717, 1.165) is 48.5 Å². The molecule has 0 aliphatic carbocycles. The lowest BCUT2D eigenvalue weighted by atomic mass is 10.1. The Kier molecular flexibility index (Phi) is 6.12. The molecule has 3 aromatic rings. The van der Waals surface area contributed by atoms with Gasteiger partial charge in [0.25, 0.3) is 0 Å². The van der Waals surface area contributed by atoms with Gasteiger partial charge in [0.05, 0.1) is 4.47 Å². The monoisotopic (exact) mass is 513 g/mol. The van der Waals surface area contributed by atoms with Crippen LogP contribution in [0.25, 0.3) is 22.5 Å². The Hall–Kier alpha value is -2.89. The van der Waals surface area contributed by atoms with E-state index in [0.29, 0.717) is 0 Å². The van der Waals surface area contributed by atoms with Crippen molar-refractivity contribution in [2.24, 2.45) is 0 Å². The standard InChI is InChI=1S/C19H8BrF8NO2/c20-13-14(21)16(9-1-5-11(6-2-9)30-18(23,24)25)29-17(15(13)22)10-3-7-12(8-4-10)31-19(26,27)28/h1-8H. The Morgan fingerprint density at radius 3 is 1.23 bits per heavy atom. The summed E-state index contributed by atoms with van der Waals surface area (Å²) in [4.78, 5) is 3.88. The Morgan fingerprint density at radius 1 is 0.613 bits per heavy atom. The molecule has 0 spiro atoms. The summed E-state index contributed by atoms with van der Waals surface area (Å²) in [6, 6.07) is 8.02. The highest BCUT2D eigenvalue weighted by Gasteiger charge is 2.32. The number of nitrogens with zero attached hydrogens (tertiary/aromatic N) is 1. The highest BCUT2D eigenvalue weighted by molar-refractivity contribution is 9.10. The molecule has 0 N–H and O–H groups in total. The third-order valence-electron chi connectivity index (χ3n) is 3.75. The van der Waals surface area contributed by atoms with Gasteiger partial charge in [-0.25, -0.2) is 13.8 Å². The molecule has 0 radical (unpaired) electrons. The summed E-state index contributed by atoms with van der Waals surface area (Å²) in [7, 11) is 0. The van der Waals surface area contributed by atoms with E-state index in [-0.39, 0.29) is 11.1 Å². The van der Waals surface area contributed by atoms with Crippen LogP contribution in [0.15, 0.2) is 53.0 Å². The number of pyridine rings is 1. The molecule has 0 saturated carbocycles. The fourth-order valence-corrected chi connectivity index (χ4v) is 2.90. The van der Waals surface area contributed by atoms with Gasteiger partial charge in [-0.1, -0.05) is 0 Å². The predicted molar refractivity (Wildman–Crippen MR) is 96.1 cm³/mol. The molecule has 0 atom stereocenters. The van der Waals surface area contributed by atoms with Crippen molar-refractivity contribution >= 4 is 15.9 Å². The van der Waals surface area contributed by atoms with E-state index in [1.807, 2.05) is 0 Å². The zero-order chi connectivity index (χ0) is 23.0. The summed E-state index contributed by atoms with van der Waals surface area (Å²) in [6.07, 6.45) is -9.84. The smallest absolute Gasteiger partial charge is 0.406 e. The van der Waals surface area contributed by atoms with Gasteiger partial charge in [0.2, 0.25) is 0 Å². The van der Waals surface area contributed by atoms with Crippen LogP contribution in [0.2, 0.25) is 0 Å². The maximum absolute atomic E-state index is 14.6. The van der Waals surface area contributed by atoms with Crippen molar-refractivity contribution in [3.63, 3.8) is 0 Å². The van der Waals surface area contributed by atoms with Gasteiger partial charge in [0.15, 0.2) is 11.6 Å². The largest absolute Gasteiger partial charge is 0.573 e. The lowest BCUT2D eigenvalue weighted by molar-refractivity contribution is -0.275. The first kappa shape index (κ1) is 22.8. The molecule has 31 heavy (non-hydrogen) atoms. The van der Waals surface area contributed by atoms with Crippen LogP contribution < -0.4 is 9.47 Å². The number of benzene rings is 2. The molecule has 3 rings (SSSR count). The quantitative estimate of drug-likeness (QED) is 0.344. The fraction of sp³-hybridized carbons (Fsp3) is 0.105. The van der Waals surface area contributed by atoms with Crippen molar-refractivity contribution in [3.05, 3.63) is 64.6 Å². The summed E-state index contributed by atoms with van der Waals surface area (Å²) in [5.74, 6) is -3.36. The second-order valence-corrected chi connectivity index (χ2v) is 6.69. The second-order valence-electron chi connectivity index (χ2n) is 5.90. The molecule has 2 aromatic carbocycles. The Bertz CT molecular complexity index is 997. The number of hydrogen-bond donors (Lipinski definition) is 0. The molecule has 12 heteroatoms. The minimum Gasteiger partial charge on any atom is -0.406 e. The average Bonchev–Trinajstić information content (AvgIpc) is 2.66. The van der Waals surface area contributed by atoms with E-state index >= 15 is 0 Å². The van der Waals surface area contributed by atoms with Crippen LogP contribution in [0.1, 0.15) is 0 Å². The van der Waals surface area contributed by atoms with Gasteiger partial charge in [-0.3, -0.25) is 0 Å². The molecule has 0 amide bonds. The Labute approximate surface area is 177 Å². The zero-order valence-corrected chi connectivity index (χ0v) is 16.4. The summed E-state index contributed by atoms with van der Waals surface area (Å²) < 4.78 is 110. The Morgan fingerprint density at radius 2 is 0.935 bits per heavy atom. The SMILES string of the molecule is Fc1c(-c2ccc(OC(F)(F)F)cc2)nc(-c2ccc(OC(F)(F)F)cc2)c(F)c1Br. The molecule has 0 saturated heterocycles. The molecule has 164 valence electrons. The average molecular weight is 514 g/mol. The molecule has 0 unspecified atom stereocenters. The van der Waals surface area contributed by atoms with Crippen LogP contribution in [-0.2, 0) is 0 Å². The molecule has 0 aliphatic rings. The second kappa shape index (κ2) is 8.33. The minimum atomic E-state index is -4.92. The van der Waals surface area contributed by atoms with Crippen LogP contribution in [0.4, 0.5) is 35.1 Å². The van der Waals surface area contributed by atoms with Crippen molar-refractivity contribution in [2.45, 2.75) is 12.7 Å². The number of ether oxygens (including phenoxy) is 2. The van der Waals surface area contributed by atoms with Crippen molar-refractivity contribution < 1.29 is 44.6 Å². The van der Waals surface area contributed by atoms with E-state index in [9.17, 15) is 35.1 Å². The molecular weight excluding hydrogens is 506 g/mol. The summed E-state index contributed by atoms with van der Waals surface area (Å²) in [5, 5.41) is 0. The lowest BCUT2D eigenvalue weighted by Crippen LogP contribution is -2.17. The molecule has 0 fully saturated rings. The highest BCUT2D eigenvalue weighted by Crippen LogP contribution is 2.36. The normalized spacial score (nSPS) is 12.0. The van der Waals surface area contributed by atoms with Gasteiger partial charge in [-0.05, 0) is 64.5 Å².